The Labute approximate surface area is 113 Å². The van der Waals surface area contributed by atoms with E-state index in [0.717, 1.165) is 26.8 Å². The van der Waals surface area contributed by atoms with Crippen molar-refractivity contribution >= 4 is 27.1 Å². The van der Waals surface area contributed by atoms with Crippen molar-refractivity contribution in [3.8, 4) is 0 Å². The predicted octanol–water partition coefficient (Wildman–Crippen LogP) is 2.92. The molecule has 0 fully saturated rings. The van der Waals surface area contributed by atoms with Gasteiger partial charge in [0.15, 0.2) is 5.04 Å². The summed E-state index contributed by atoms with van der Waals surface area (Å²) in [6, 6.07) is 13.4. The summed E-state index contributed by atoms with van der Waals surface area (Å²) in [5.41, 5.74) is 18.7. The van der Waals surface area contributed by atoms with Gasteiger partial charge in [-0.2, -0.15) is 0 Å². The lowest BCUT2D eigenvalue weighted by atomic mass is 10.2. The third-order valence-electron chi connectivity index (χ3n) is 2.97. The average Bonchev–Trinajstić information content (AvgIpc) is 2.77. The topological polar surface area (TPSA) is 74.8 Å². The van der Waals surface area contributed by atoms with Crippen LogP contribution in [0.4, 0.5) is 11.4 Å². The van der Waals surface area contributed by atoms with Gasteiger partial charge in [0.25, 0.3) is 0 Å². The van der Waals surface area contributed by atoms with Gasteiger partial charge in [-0.25, -0.2) is 4.99 Å². The highest BCUT2D eigenvalue weighted by atomic mass is 32.2. The first-order valence-electron chi connectivity index (χ1n) is 5.84. The second kappa shape index (κ2) is 4.46. The third kappa shape index (κ3) is 1.99. The molecule has 0 radical (unpaired) electrons. The van der Waals surface area contributed by atoms with Crippen LogP contribution in [0.15, 0.2) is 52.4 Å². The fourth-order valence-corrected chi connectivity index (χ4v) is 3.54. The highest BCUT2D eigenvalue weighted by molar-refractivity contribution is 8.03. The lowest BCUT2D eigenvalue weighted by Gasteiger charge is -1.98. The molecule has 1 unspecified atom stereocenters. The van der Waals surface area contributed by atoms with Crippen molar-refractivity contribution in [1.29, 1.82) is 0 Å². The van der Waals surface area contributed by atoms with E-state index in [0.29, 0.717) is 5.69 Å². The van der Waals surface area contributed by atoms with Gasteiger partial charge in [0, 0.05) is 11.3 Å². The summed E-state index contributed by atoms with van der Waals surface area (Å²) in [7, 11) is -0.725. The second-order valence-corrected chi connectivity index (χ2v) is 5.94. The minimum atomic E-state index is -0.725. The van der Waals surface area contributed by atoms with Crippen LogP contribution in [0.2, 0.25) is 0 Å². The van der Waals surface area contributed by atoms with Crippen molar-refractivity contribution in [2.75, 3.05) is 5.73 Å². The summed E-state index contributed by atoms with van der Waals surface area (Å²) in [5, 5.41) is 0.781. The Morgan fingerprint density at radius 1 is 1.16 bits per heavy atom. The number of aryl methyl sites for hydroxylation is 1. The molecule has 4 nitrogen and oxygen atoms in total. The number of nitrogens with two attached hydrogens (primary N) is 1. The SMILES string of the molecule is Cc1ccc2c(c1)S(=[N+]=[N-])C(c1ccc(N)cc1)=N2. The number of anilines is 1. The molecule has 1 atom stereocenters. The molecule has 0 aromatic heterocycles. The molecule has 2 N–H and O–H groups in total. The molecule has 0 amide bonds. The molecule has 5 heteroatoms. The van der Waals surface area contributed by atoms with Crippen LogP contribution in [0.3, 0.4) is 0 Å². The first-order chi connectivity index (χ1) is 9.19. The molecule has 0 bridgehead atoms. The lowest BCUT2D eigenvalue weighted by Crippen LogP contribution is -2.06. The number of aliphatic imine (C=N–C) groups is 1. The number of benzene rings is 2. The van der Waals surface area contributed by atoms with E-state index in [9.17, 15) is 5.53 Å². The van der Waals surface area contributed by atoms with Gasteiger partial charge in [-0.1, -0.05) is 6.07 Å². The maximum absolute atomic E-state index is 9.32. The molecule has 19 heavy (non-hydrogen) atoms. The van der Waals surface area contributed by atoms with Gasteiger partial charge >= 0.3 is 0 Å². The van der Waals surface area contributed by atoms with Crippen molar-refractivity contribution in [3.63, 3.8) is 0 Å². The van der Waals surface area contributed by atoms with Crippen molar-refractivity contribution in [1.82, 2.24) is 4.16 Å². The Balaban J connectivity index is 2.15. The smallest absolute Gasteiger partial charge is 0.244 e. The van der Waals surface area contributed by atoms with Crippen LogP contribution < -0.4 is 9.89 Å². The van der Waals surface area contributed by atoms with E-state index in [2.05, 4.69) is 9.15 Å². The number of hydrogen-bond acceptors (Lipinski definition) is 2. The summed E-state index contributed by atoms with van der Waals surface area (Å²) in [6.45, 7) is 2.01. The fourth-order valence-electron chi connectivity index (χ4n) is 2.01. The van der Waals surface area contributed by atoms with Gasteiger partial charge in [-0.05, 0) is 48.9 Å². The molecule has 0 saturated heterocycles. The largest absolute Gasteiger partial charge is 0.399 e. The Hall–Kier alpha value is -2.23. The first-order valence-corrected chi connectivity index (χ1v) is 7.02. The highest BCUT2D eigenvalue weighted by Crippen LogP contribution is 2.33. The zero-order valence-corrected chi connectivity index (χ0v) is 11.2. The Bertz CT molecular complexity index is 741. The zero-order chi connectivity index (χ0) is 13.4. The van der Waals surface area contributed by atoms with Gasteiger partial charge in [0.2, 0.25) is 10.7 Å². The quantitative estimate of drug-likeness (QED) is 0.482. The molecule has 1 heterocycles. The summed E-state index contributed by atoms with van der Waals surface area (Å²) in [4.78, 5) is 5.55. The monoisotopic (exact) mass is 268 g/mol. The van der Waals surface area contributed by atoms with E-state index in [1.54, 1.807) is 0 Å². The Morgan fingerprint density at radius 2 is 1.89 bits per heavy atom. The number of hydrogen-bond donors (Lipinski definition) is 1. The lowest BCUT2D eigenvalue weighted by molar-refractivity contribution is 1.33. The van der Waals surface area contributed by atoms with Crippen LogP contribution in [0, 0.1) is 6.92 Å². The van der Waals surface area contributed by atoms with E-state index in [-0.39, 0.29) is 0 Å². The number of fused-ring (bicyclic) bond motifs is 1. The van der Waals surface area contributed by atoms with Crippen molar-refractivity contribution < 1.29 is 0 Å². The summed E-state index contributed by atoms with van der Waals surface area (Å²) >= 11 is 0. The Kier molecular flexibility index (Phi) is 2.78. The number of nitrogens with zero attached hydrogens (tertiary/aromatic N) is 3. The van der Waals surface area contributed by atoms with E-state index in [1.165, 1.54) is 0 Å². The molecule has 1 aliphatic heterocycles. The Morgan fingerprint density at radius 3 is 2.58 bits per heavy atom. The van der Waals surface area contributed by atoms with Gasteiger partial charge in [-0.3, -0.25) is 0 Å². The van der Waals surface area contributed by atoms with E-state index < -0.39 is 10.7 Å². The van der Waals surface area contributed by atoms with Gasteiger partial charge in [0.1, 0.15) is 4.90 Å². The van der Waals surface area contributed by atoms with Crippen molar-refractivity contribution in [2.45, 2.75) is 11.8 Å². The van der Waals surface area contributed by atoms with Crippen LogP contribution >= 0.6 is 0 Å². The van der Waals surface area contributed by atoms with Crippen molar-refractivity contribution in [3.05, 3.63) is 59.1 Å². The average molecular weight is 268 g/mol. The molecular weight excluding hydrogens is 256 g/mol. The summed E-state index contributed by atoms with van der Waals surface area (Å²) < 4.78 is 3.52. The maximum Gasteiger partial charge on any atom is 0.244 e. The normalized spacial score (nSPS) is 16.7. The molecule has 94 valence electrons. The van der Waals surface area contributed by atoms with Crippen LogP contribution in [-0.2, 0) is 10.7 Å². The number of rotatable bonds is 1. The van der Waals surface area contributed by atoms with Crippen LogP contribution in [0.5, 0.6) is 0 Å². The minimum absolute atomic E-state index is 0.705. The first kappa shape index (κ1) is 11.8. The predicted molar refractivity (Wildman–Crippen MR) is 79.4 cm³/mol. The van der Waals surface area contributed by atoms with Gasteiger partial charge in [-0.15, -0.1) is 4.16 Å². The summed E-state index contributed by atoms with van der Waals surface area (Å²) in [6.07, 6.45) is 0. The molecular formula is C14H12N4S. The molecule has 0 spiro atoms. The molecule has 3 rings (SSSR count). The van der Waals surface area contributed by atoms with E-state index in [1.807, 2.05) is 49.4 Å². The van der Waals surface area contributed by atoms with Crippen LogP contribution in [-0.4, -0.2) is 5.04 Å². The number of nitrogen functional groups attached to an aromatic ring is 1. The zero-order valence-electron chi connectivity index (χ0n) is 10.4. The van der Waals surface area contributed by atoms with Crippen LogP contribution in [0.1, 0.15) is 11.1 Å². The van der Waals surface area contributed by atoms with Crippen molar-refractivity contribution in [2.24, 2.45) is 4.99 Å². The van der Waals surface area contributed by atoms with E-state index in [4.69, 9.17) is 5.73 Å². The van der Waals surface area contributed by atoms with E-state index >= 15 is 0 Å². The van der Waals surface area contributed by atoms with Crippen LogP contribution in [0.25, 0.3) is 5.53 Å². The minimum Gasteiger partial charge on any atom is -0.399 e. The highest BCUT2D eigenvalue weighted by Gasteiger charge is 2.29. The fraction of sp³-hybridized carbons (Fsp3) is 0.0714. The van der Waals surface area contributed by atoms with Gasteiger partial charge < -0.3 is 11.3 Å². The second-order valence-electron chi connectivity index (χ2n) is 4.38. The molecule has 2 aromatic rings. The third-order valence-corrected chi connectivity index (χ3v) is 4.57. The molecule has 1 aliphatic rings. The summed E-state index contributed by atoms with van der Waals surface area (Å²) in [5.74, 6) is 0. The molecule has 0 aliphatic carbocycles. The maximum atomic E-state index is 9.32. The standard InChI is InChI=1S/C14H12N4S/c1-9-2-7-12-13(8-9)19(18-16)14(17-12)10-3-5-11(15)6-4-10/h2-8H,15H2,1H3. The van der Waals surface area contributed by atoms with Gasteiger partial charge in [0.05, 0.1) is 5.69 Å². The molecule has 0 saturated carbocycles. The molecule has 2 aromatic carbocycles.